The Kier molecular flexibility index (Phi) is 11.5. The summed E-state index contributed by atoms with van der Waals surface area (Å²) >= 11 is 0. The quantitative estimate of drug-likeness (QED) is 0.183. The predicted molar refractivity (Wildman–Crippen MR) is 120 cm³/mol. The predicted octanol–water partition coefficient (Wildman–Crippen LogP) is -1.49. The van der Waals surface area contributed by atoms with E-state index in [1.165, 1.54) is 6.92 Å². The fourth-order valence-corrected chi connectivity index (χ4v) is 3.01. The van der Waals surface area contributed by atoms with Crippen molar-refractivity contribution < 1.29 is 34.5 Å². The first-order chi connectivity index (χ1) is 15.5. The number of carboxylic acids is 1. The Balaban J connectivity index is 3.06. The Morgan fingerprint density at radius 3 is 2.00 bits per heavy atom. The topological polar surface area (TPSA) is 191 Å². The maximum absolute atomic E-state index is 13.0. The number of amides is 3. The molecule has 0 aliphatic heterocycles. The van der Waals surface area contributed by atoms with E-state index in [-0.39, 0.29) is 12.3 Å². The number of benzene rings is 1. The molecule has 0 aliphatic carbocycles. The molecule has 0 heterocycles. The molecule has 33 heavy (non-hydrogen) atoms. The van der Waals surface area contributed by atoms with Crippen molar-refractivity contribution in [3.8, 4) is 0 Å². The molecule has 11 nitrogen and oxygen atoms in total. The number of nitrogens with one attached hydrogen (secondary N) is 3. The van der Waals surface area contributed by atoms with Gasteiger partial charge in [-0.15, -0.1) is 0 Å². The number of carbonyl (C=O) groups is 4. The molecule has 1 aromatic carbocycles. The lowest BCUT2D eigenvalue weighted by Crippen LogP contribution is -2.60. The third-order valence-electron chi connectivity index (χ3n) is 5.29. The van der Waals surface area contributed by atoms with Gasteiger partial charge in [0, 0.05) is 6.42 Å². The summed E-state index contributed by atoms with van der Waals surface area (Å²) in [7, 11) is 0. The van der Waals surface area contributed by atoms with Gasteiger partial charge in [-0.3, -0.25) is 14.4 Å². The second-order valence-corrected chi connectivity index (χ2v) is 7.98. The number of carbonyl (C=O) groups excluding carboxylic acids is 3. The van der Waals surface area contributed by atoms with Crippen molar-refractivity contribution in [3.05, 3.63) is 35.9 Å². The molecule has 8 N–H and O–H groups in total. The van der Waals surface area contributed by atoms with Gasteiger partial charge in [0.05, 0.1) is 12.7 Å². The summed E-state index contributed by atoms with van der Waals surface area (Å²) in [6.07, 6.45) is -0.817. The van der Waals surface area contributed by atoms with Crippen molar-refractivity contribution in [2.45, 2.75) is 63.9 Å². The largest absolute Gasteiger partial charge is 0.480 e. The van der Waals surface area contributed by atoms with Crippen LogP contribution in [0.15, 0.2) is 30.3 Å². The third kappa shape index (κ3) is 8.79. The zero-order valence-corrected chi connectivity index (χ0v) is 19.0. The van der Waals surface area contributed by atoms with E-state index in [1.54, 1.807) is 44.2 Å². The Hall–Kier alpha value is -3.02. The van der Waals surface area contributed by atoms with Gasteiger partial charge in [0.15, 0.2) is 0 Å². The Labute approximate surface area is 192 Å². The highest BCUT2D eigenvalue weighted by molar-refractivity contribution is 5.94. The minimum Gasteiger partial charge on any atom is -0.480 e. The van der Waals surface area contributed by atoms with Gasteiger partial charge in [-0.05, 0) is 18.4 Å². The Morgan fingerprint density at radius 1 is 0.939 bits per heavy atom. The first kappa shape index (κ1) is 28.0. The zero-order valence-electron chi connectivity index (χ0n) is 19.0. The molecular formula is C22H34N4O7. The fraction of sp³-hybridized carbons (Fsp3) is 0.545. The monoisotopic (exact) mass is 466 g/mol. The zero-order chi connectivity index (χ0) is 25.1. The van der Waals surface area contributed by atoms with Gasteiger partial charge in [-0.1, -0.05) is 50.6 Å². The average molecular weight is 467 g/mol. The van der Waals surface area contributed by atoms with E-state index in [2.05, 4.69) is 16.0 Å². The molecule has 0 bridgehead atoms. The van der Waals surface area contributed by atoms with Crippen molar-refractivity contribution in [2.24, 2.45) is 11.7 Å². The second-order valence-electron chi connectivity index (χ2n) is 7.98. The molecule has 11 heteroatoms. The summed E-state index contributed by atoms with van der Waals surface area (Å²) in [6, 6.07) is 3.66. The summed E-state index contributed by atoms with van der Waals surface area (Å²) in [6.45, 7) is 4.08. The SMILES string of the molecule is CCC(C)C(NC(=O)C(NC(=O)C(Cc1ccccc1)NC(=O)C(N)CO)C(C)O)C(=O)O. The van der Waals surface area contributed by atoms with Crippen molar-refractivity contribution >= 4 is 23.7 Å². The van der Waals surface area contributed by atoms with Gasteiger partial charge in [-0.2, -0.15) is 0 Å². The van der Waals surface area contributed by atoms with Crippen molar-refractivity contribution in [3.63, 3.8) is 0 Å². The lowest BCUT2D eigenvalue weighted by atomic mass is 9.98. The third-order valence-corrected chi connectivity index (χ3v) is 5.29. The van der Waals surface area contributed by atoms with Gasteiger partial charge < -0.3 is 37.0 Å². The van der Waals surface area contributed by atoms with Crippen LogP contribution in [0.5, 0.6) is 0 Å². The van der Waals surface area contributed by atoms with Crippen LogP contribution in [0.2, 0.25) is 0 Å². The van der Waals surface area contributed by atoms with Gasteiger partial charge in [0.2, 0.25) is 17.7 Å². The molecule has 1 rings (SSSR count). The molecule has 0 saturated heterocycles. The fourth-order valence-electron chi connectivity index (χ4n) is 3.01. The molecule has 184 valence electrons. The van der Waals surface area contributed by atoms with Crippen molar-refractivity contribution in [2.75, 3.05) is 6.61 Å². The van der Waals surface area contributed by atoms with Gasteiger partial charge >= 0.3 is 5.97 Å². The van der Waals surface area contributed by atoms with E-state index >= 15 is 0 Å². The number of hydrogen-bond acceptors (Lipinski definition) is 7. The molecule has 0 fully saturated rings. The molecule has 0 aliphatic rings. The molecule has 0 aromatic heterocycles. The van der Waals surface area contributed by atoms with E-state index in [0.717, 1.165) is 0 Å². The maximum Gasteiger partial charge on any atom is 0.326 e. The summed E-state index contributed by atoms with van der Waals surface area (Å²) in [5.74, 6) is -4.05. The maximum atomic E-state index is 13.0. The molecule has 0 spiro atoms. The molecular weight excluding hydrogens is 432 g/mol. The van der Waals surface area contributed by atoms with Crippen molar-refractivity contribution in [1.29, 1.82) is 0 Å². The van der Waals surface area contributed by atoms with Gasteiger partial charge in [0.25, 0.3) is 0 Å². The summed E-state index contributed by atoms with van der Waals surface area (Å²) in [5, 5.41) is 35.8. The van der Waals surface area contributed by atoms with Crippen LogP contribution >= 0.6 is 0 Å². The summed E-state index contributed by atoms with van der Waals surface area (Å²) in [4.78, 5) is 49.4. The van der Waals surface area contributed by atoms with Crippen LogP contribution in [0.4, 0.5) is 0 Å². The van der Waals surface area contributed by atoms with Crippen LogP contribution < -0.4 is 21.7 Å². The lowest BCUT2D eigenvalue weighted by Gasteiger charge is -2.27. The molecule has 6 atom stereocenters. The summed E-state index contributed by atoms with van der Waals surface area (Å²) in [5.41, 5.74) is 6.23. The smallest absolute Gasteiger partial charge is 0.326 e. The molecule has 0 radical (unpaired) electrons. The van der Waals surface area contributed by atoms with Gasteiger partial charge in [0.1, 0.15) is 24.2 Å². The van der Waals surface area contributed by atoms with Crippen LogP contribution in [-0.2, 0) is 25.6 Å². The molecule has 1 aromatic rings. The van der Waals surface area contributed by atoms with E-state index < -0.39 is 60.6 Å². The lowest BCUT2D eigenvalue weighted by molar-refractivity contribution is -0.144. The van der Waals surface area contributed by atoms with E-state index in [4.69, 9.17) is 10.8 Å². The number of nitrogens with two attached hydrogens (primary N) is 1. The minimum absolute atomic E-state index is 0.0509. The van der Waals surface area contributed by atoms with Gasteiger partial charge in [-0.25, -0.2) is 4.79 Å². The van der Waals surface area contributed by atoms with Crippen LogP contribution in [0.1, 0.15) is 32.8 Å². The van der Waals surface area contributed by atoms with Crippen LogP contribution in [-0.4, -0.2) is 75.9 Å². The number of hydrogen-bond donors (Lipinski definition) is 7. The highest BCUT2D eigenvalue weighted by Gasteiger charge is 2.34. The summed E-state index contributed by atoms with van der Waals surface area (Å²) < 4.78 is 0. The Morgan fingerprint density at radius 2 is 1.52 bits per heavy atom. The van der Waals surface area contributed by atoms with Crippen LogP contribution in [0.25, 0.3) is 0 Å². The molecule has 3 amide bonds. The number of carboxylic acid groups (broad SMARTS) is 1. The minimum atomic E-state index is -1.47. The normalized spacial score (nSPS) is 16.4. The highest BCUT2D eigenvalue weighted by atomic mass is 16.4. The van der Waals surface area contributed by atoms with E-state index in [0.29, 0.717) is 12.0 Å². The number of rotatable bonds is 13. The van der Waals surface area contributed by atoms with Crippen molar-refractivity contribution in [1.82, 2.24) is 16.0 Å². The first-order valence-corrected chi connectivity index (χ1v) is 10.7. The first-order valence-electron chi connectivity index (χ1n) is 10.7. The van der Waals surface area contributed by atoms with E-state index in [9.17, 15) is 29.4 Å². The average Bonchev–Trinajstić information content (AvgIpc) is 2.79. The van der Waals surface area contributed by atoms with E-state index in [1.807, 2.05) is 0 Å². The number of aliphatic hydroxyl groups is 2. The molecule has 6 unspecified atom stereocenters. The van der Waals surface area contributed by atoms with Crippen LogP contribution in [0, 0.1) is 5.92 Å². The number of aliphatic carboxylic acids is 1. The highest BCUT2D eigenvalue weighted by Crippen LogP contribution is 2.09. The van der Waals surface area contributed by atoms with Crippen LogP contribution in [0.3, 0.4) is 0 Å². The standard InChI is InChI=1S/C22H34N4O7/c1-4-12(2)17(22(32)33)25-21(31)18(13(3)28)26-20(30)16(24-19(29)15(23)11-27)10-14-8-6-5-7-9-14/h5-9,12-13,15-18,27-28H,4,10-11,23H2,1-3H3,(H,24,29)(H,25,31)(H,26,30)(H,32,33). The second kappa shape index (κ2) is 13.5. The Bertz CT molecular complexity index is 803. The number of aliphatic hydroxyl groups excluding tert-OH is 2. The molecule has 0 saturated carbocycles.